The maximum Gasteiger partial charge on any atom is 0.137 e. The van der Waals surface area contributed by atoms with E-state index in [0.717, 1.165) is 12.0 Å². The van der Waals surface area contributed by atoms with Crippen molar-refractivity contribution in [2.75, 3.05) is 7.11 Å². The van der Waals surface area contributed by atoms with Crippen LogP contribution in [0, 0.1) is 11.7 Å². The first kappa shape index (κ1) is 16.9. The monoisotopic (exact) mass is 358 g/mol. The van der Waals surface area contributed by atoms with Crippen molar-refractivity contribution in [1.29, 1.82) is 0 Å². The van der Waals surface area contributed by atoms with Crippen LogP contribution < -0.4 is 11.3 Å². The van der Waals surface area contributed by atoms with Crippen LogP contribution in [0.1, 0.15) is 37.7 Å². The largest absolute Gasteiger partial charge is 0.379 e. The van der Waals surface area contributed by atoms with E-state index in [1.54, 1.807) is 13.2 Å². The second-order valence-corrected chi connectivity index (χ2v) is 6.68. The standard InChI is InChI=1S/C16H24BrFN2O/c1-21-16(12-5-3-2-4-6-12)15(20-19)10-11-7-8-14(18)13(17)9-11/h7-9,12,15-16,20H,2-6,10,19H2,1H3. The average Bonchev–Trinajstić information content (AvgIpc) is 2.51. The summed E-state index contributed by atoms with van der Waals surface area (Å²) in [4.78, 5) is 0. The fourth-order valence-electron chi connectivity index (χ4n) is 3.34. The predicted octanol–water partition coefficient (Wildman–Crippen LogP) is 3.56. The van der Waals surface area contributed by atoms with Gasteiger partial charge < -0.3 is 4.74 Å². The van der Waals surface area contributed by atoms with E-state index in [4.69, 9.17) is 10.6 Å². The first-order chi connectivity index (χ1) is 10.2. The molecule has 1 saturated carbocycles. The molecule has 0 aromatic heterocycles. The van der Waals surface area contributed by atoms with E-state index in [1.807, 2.05) is 6.07 Å². The lowest BCUT2D eigenvalue weighted by Gasteiger charge is -2.34. The summed E-state index contributed by atoms with van der Waals surface area (Å²) >= 11 is 3.23. The van der Waals surface area contributed by atoms with Crippen LogP contribution in [0.15, 0.2) is 22.7 Å². The van der Waals surface area contributed by atoms with E-state index in [1.165, 1.54) is 38.2 Å². The number of hydrazine groups is 1. The van der Waals surface area contributed by atoms with Crippen molar-refractivity contribution in [3.63, 3.8) is 0 Å². The third-order valence-corrected chi connectivity index (χ3v) is 5.04. The fourth-order valence-corrected chi connectivity index (χ4v) is 3.76. The van der Waals surface area contributed by atoms with Crippen molar-refractivity contribution in [1.82, 2.24) is 5.43 Å². The Bertz CT molecular complexity index is 452. The van der Waals surface area contributed by atoms with Crippen LogP contribution in [0.25, 0.3) is 0 Å². The zero-order valence-electron chi connectivity index (χ0n) is 12.4. The van der Waals surface area contributed by atoms with Gasteiger partial charge in [0.25, 0.3) is 0 Å². The van der Waals surface area contributed by atoms with Gasteiger partial charge in [-0.05, 0) is 58.8 Å². The van der Waals surface area contributed by atoms with Gasteiger partial charge in [-0.1, -0.05) is 25.3 Å². The molecule has 0 saturated heterocycles. The van der Waals surface area contributed by atoms with Crippen LogP contribution in [0.2, 0.25) is 0 Å². The van der Waals surface area contributed by atoms with E-state index in [9.17, 15) is 4.39 Å². The quantitative estimate of drug-likeness (QED) is 0.603. The summed E-state index contributed by atoms with van der Waals surface area (Å²) in [5.41, 5.74) is 3.94. The zero-order chi connectivity index (χ0) is 15.2. The molecular formula is C16H24BrFN2O. The molecule has 3 N–H and O–H groups in total. The molecule has 2 unspecified atom stereocenters. The molecule has 0 amide bonds. The minimum absolute atomic E-state index is 0.0375. The average molecular weight is 359 g/mol. The van der Waals surface area contributed by atoms with Gasteiger partial charge in [0, 0.05) is 7.11 Å². The topological polar surface area (TPSA) is 47.3 Å². The maximum absolute atomic E-state index is 13.3. The first-order valence-corrected chi connectivity index (χ1v) is 8.38. The van der Waals surface area contributed by atoms with Crippen LogP contribution in [0.4, 0.5) is 4.39 Å². The van der Waals surface area contributed by atoms with E-state index >= 15 is 0 Å². The van der Waals surface area contributed by atoms with Crippen molar-refractivity contribution in [2.45, 2.75) is 50.7 Å². The molecule has 1 fully saturated rings. The number of methoxy groups -OCH3 is 1. The minimum Gasteiger partial charge on any atom is -0.379 e. The Labute approximate surface area is 134 Å². The number of benzene rings is 1. The molecule has 5 heteroatoms. The van der Waals surface area contributed by atoms with Crippen LogP contribution >= 0.6 is 15.9 Å². The Balaban J connectivity index is 2.07. The smallest absolute Gasteiger partial charge is 0.137 e. The third-order valence-electron chi connectivity index (χ3n) is 4.44. The molecule has 1 aromatic carbocycles. The van der Waals surface area contributed by atoms with Crippen molar-refractivity contribution >= 4 is 15.9 Å². The molecule has 2 rings (SSSR count). The van der Waals surface area contributed by atoms with E-state index in [-0.39, 0.29) is 18.0 Å². The SMILES string of the molecule is COC(C1CCCCC1)C(Cc1ccc(F)c(Br)c1)NN. The van der Waals surface area contributed by atoms with Gasteiger partial charge in [0.15, 0.2) is 0 Å². The molecule has 3 nitrogen and oxygen atoms in total. The van der Waals surface area contributed by atoms with Crippen LogP contribution in [0.3, 0.4) is 0 Å². The Morgan fingerprint density at radius 2 is 2.10 bits per heavy atom. The third kappa shape index (κ3) is 4.49. The molecule has 0 heterocycles. The Kier molecular flexibility index (Phi) is 6.61. The van der Waals surface area contributed by atoms with Gasteiger partial charge >= 0.3 is 0 Å². The minimum atomic E-state index is -0.244. The van der Waals surface area contributed by atoms with E-state index in [0.29, 0.717) is 10.4 Å². The highest BCUT2D eigenvalue weighted by Crippen LogP contribution is 2.30. The van der Waals surface area contributed by atoms with Crippen molar-refractivity contribution in [3.05, 3.63) is 34.1 Å². The van der Waals surface area contributed by atoms with Gasteiger partial charge in [0.1, 0.15) is 5.82 Å². The molecule has 0 spiro atoms. The maximum atomic E-state index is 13.3. The zero-order valence-corrected chi connectivity index (χ0v) is 14.0. The predicted molar refractivity (Wildman–Crippen MR) is 86.3 cm³/mol. The Morgan fingerprint density at radius 1 is 1.38 bits per heavy atom. The van der Waals surface area contributed by atoms with Gasteiger partial charge in [0.05, 0.1) is 16.6 Å². The number of nitrogens with two attached hydrogens (primary N) is 1. The fraction of sp³-hybridized carbons (Fsp3) is 0.625. The van der Waals surface area contributed by atoms with Gasteiger partial charge in [-0.15, -0.1) is 0 Å². The molecule has 21 heavy (non-hydrogen) atoms. The van der Waals surface area contributed by atoms with Crippen LogP contribution in [-0.4, -0.2) is 19.3 Å². The van der Waals surface area contributed by atoms with Crippen LogP contribution in [-0.2, 0) is 11.2 Å². The first-order valence-electron chi connectivity index (χ1n) is 7.58. The number of hydrogen-bond donors (Lipinski definition) is 2. The summed E-state index contributed by atoms with van der Waals surface area (Å²) in [5, 5.41) is 0. The second kappa shape index (κ2) is 8.22. The number of rotatable bonds is 6. The van der Waals surface area contributed by atoms with E-state index < -0.39 is 0 Å². The van der Waals surface area contributed by atoms with Crippen molar-refractivity contribution in [2.24, 2.45) is 11.8 Å². The highest BCUT2D eigenvalue weighted by molar-refractivity contribution is 9.10. The summed E-state index contributed by atoms with van der Waals surface area (Å²) in [7, 11) is 1.75. The molecule has 1 aromatic rings. The van der Waals surface area contributed by atoms with Gasteiger partial charge in [0.2, 0.25) is 0 Å². The summed E-state index contributed by atoms with van der Waals surface area (Å²) in [6.45, 7) is 0. The number of ether oxygens (including phenoxy) is 1. The molecule has 1 aliphatic carbocycles. The molecule has 2 atom stereocenters. The number of nitrogens with one attached hydrogen (secondary N) is 1. The molecule has 118 valence electrons. The van der Waals surface area contributed by atoms with Crippen LogP contribution in [0.5, 0.6) is 0 Å². The number of halogens is 2. The van der Waals surface area contributed by atoms with Gasteiger partial charge in [-0.2, -0.15) is 0 Å². The molecule has 1 aliphatic rings. The highest BCUT2D eigenvalue weighted by Gasteiger charge is 2.30. The molecule has 0 radical (unpaired) electrons. The second-order valence-electron chi connectivity index (χ2n) is 5.82. The normalized spacial score (nSPS) is 19.4. The highest BCUT2D eigenvalue weighted by atomic mass is 79.9. The molecule has 0 bridgehead atoms. The lowest BCUT2D eigenvalue weighted by Crippen LogP contribution is -2.49. The summed E-state index contributed by atoms with van der Waals surface area (Å²) in [6, 6.07) is 5.14. The molecular weight excluding hydrogens is 335 g/mol. The lowest BCUT2D eigenvalue weighted by molar-refractivity contribution is 0.00826. The molecule has 0 aliphatic heterocycles. The summed E-state index contributed by atoms with van der Waals surface area (Å²) < 4.78 is 19.6. The van der Waals surface area contributed by atoms with E-state index in [2.05, 4.69) is 21.4 Å². The van der Waals surface area contributed by atoms with Gasteiger partial charge in [-0.25, -0.2) is 4.39 Å². The Morgan fingerprint density at radius 3 is 2.67 bits per heavy atom. The Hall–Kier alpha value is -0.490. The summed E-state index contributed by atoms with van der Waals surface area (Å²) in [5.74, 6) is 6.06. The van der Waals surface area contributed by atoms with Crippen molar-refractivity contribution < 1.29 is 9.13 Å². The van der Waals surface area contributed by atoms with Gasteiger partial charge in [-0.3, -0.25) is 11.3 Å². The lowest BCUT2D eigenvalue weighted by atomic mass is 9.81. The number of hydrogen-bond acceptors (Lipinski definition) is 3. The summed E-state index contributed by atoms with van der Waals surface area (Å²) in [6.07, 6.45) is 7.07. The van der Waals surface area contributed by atoms with Crippen molar-refractivity contribution in [3.8, 4) is 0 Å².